The number of benzene rings is 1. The third kappa shape index (κ3) is 3.23. The lowest BCUT2D eigenvalue weighted by molar-refractivity contribution is -0.682. The second-order valence-electron chi connectivity index (χ2n) is 4.23. The van der Waals surface area contributed by atoms with Crippen molar-refractivity contribution in [2.24, 2.45) is 0 Å². The molecule has 0 aliphatic heterocycles. The molecule has 5 heteroatoms. The van der Waals surface area contributed by atoms with Gasteiger partial charge in [0.25, 0.3) is 0 Å². The topological polar surface area (TPSA) is 25.9 Å². The van der Waals surface area contributed by atoms with Crippen molar-refractivity contribution in [2.45, 2.75) is 6.54 Å². The Morgan fingerprint density at radius 2 is 1.95 bits per heavy atom. The van der Waals surface area contributed by atoms with Crippen molar-refractivity contribution in [3.8, 4) is 5.69 Å². The summed E-state index contributed by atoms with van der Waals surface area (Å²) < 4.78 is 3.90. The van der Waals surface area contributed by atoms with Crippen LogP contribution < -0.4 is 21.5 Å². The van der Waals surface area contributed by atoms with Crippen molar-refractivity contribution in [3.63, 3.8) is 0 Å². The minimum atomic E-state index is 0. The molecule has 0 aliphatic carbocycles. The molecule has 0 saturated heterocycles. The third-order valence-corrected chi connectivity index (χ3v) is 3.78. The van der Waals surface area contributed by atoms with Crippen LogP contribution in [0.3, 0.4) is 0 Å². The Morgan fingerprint density at radius 3 is 2.65 bits per heavy atom. The summed E-state index contributed by atoms with van der Waals surface area (Å²) in [5.74, 6) is 0.144. The molecule has 0 aliphatic rings. The summed E-state index contributed by atoms with van der Waals surface area (Å²) in [6.45, 7) is 0.375. The Morgan fingerprint density at radius 1 is 1.15 bits per heavy atom. The Labute approximate surface area is 131 Å². The fraction of sp³-hybridized carbons (Fsp3) is 0.0667. The van der Waals surface area contributed by atoms with Crippen molar-refractivity contribution in [1.29, 1.82) is 0 Å². The number of ketones is 1. The Balaban J connectivity index is 0.00000147. The van der Waals surface area contributed by atoms with Gasteiger partial charge in [-0.3, -0.25) is 4.79 Å². The van der Waals surface area contributed by atoms with Crippen LogP contribution >= 0.6 is 11.3 Å². The van der Waals surface area contributed by atoms with Crippen LogP contribution in [0.4, 0.5) is 0 Å². The van der Waals surface area contributed by atoms with Gasteiger partial charge in [0, 0.05) is 0 Å². The zero-order valence-corrected chi connectivity index (χ0v) is 13.0. The second-order valence-corrected chi connectivity index (χ2v) is 5.18. The Hall–Kier alpha value is -1.72. The van der Waals surface area contributed by atoms with Crippen LogP contribution in [-0.2, 0) is 6.54 Å². The van der Waals surface area contributed by atoms with Crippen LogP contribution in [0.5, 0.6) is 0 Å². The van der Waals surface area contributed by atoms with Gasteiger partial charge in [-0.1, -0.05) is 24.3 Å². The summed E-state index contributed by atoms with van der Waals surface area (Å²) in [6.07, 6.45) is 5.80. The molecule has 0 bridgehead atoms. The van der Waals surface area contributed by atoms with Crippen LogP contribution in [0.25, 0.3) is 5.69 Å². The van der Waals surface area contributed by atoms with Crippen molar-refractivity contribution in [1.82, 2.24) is 4.57 Å². The van der Waals surface area contributed by atoms with Crippen molar-refractivity contribution < 1.29 is 26.3 Å². The summed E-state index contributed by atoms with van der Waals surface area (Å²) in [6, 6.07) is 13.8. The molecule has 102 valence electrons. The predicted octanol–water partition coefficient (Wildman–Crippen LogP) is -0.287. The average Bonchev–Trinajstić information content (AvgIpc) is 3.11. The molecule has 3 rings (SSSR count). The minimum absolute atomic E-state index is 0. The number of nitrogens with zero attached hydrogens (tertiary/aromatic N) is 2. The number of carbonyl (C=O) groups is 1. The number of thiophene rings is 1. The molecule has 20 heavy (non-hydrogen) atoms. The largest absolute Gasteiger partial charge is 1.00 e. The number of imidazole rings is 1. The van der Waals surface area contributed by atoms with E-state index < -0.39 is 0 Å². The van der Waals surface area contributed by atoms with Crippen LogP contribution in [0.1, 0.15) is 9.67 Å². The fourth-order valence-electron chi connectivity index (χ4n) is 1.92. The molecule has 0 N–H and O–H groups in total. The summed E-state index contributed by atoms with van der Waals surface area (Å²) in [4.78, 5) is 12.8. The smallest absolute Gasteiger partial charge is 0.249 e. The molecule has 0 saturated carbocycles. The van der Waals surface area contributed by atoms with Gasteiger partial charge in [0.05, 0.1) is 4.88 Å². The lowest BCUT2D eigenvalue weighted by Gasteiger charge is -1.95. The third-order valence-electron chi connectivity index (χ3n) is 2.87. The second kappa shape index (κ2) is 6.63. The number of halogens is 1. The first kappa shape index (κ1) is 14.7. The van der Waals surface area contributed by atoms with E-state index in [1.807, 2.05) is 75.7 Å². The average molecular weight is 349 g/mol. The molecular weight excluding hydrogens is 336 g/mol. The summed E-state index contributed by atoms with van der Waals surface area (Å²) in [5.41, 5.74) is 1.09. The highest BCUT2D eigenvalue weighted by atomic mass is 79.9. The molecule has 0 fully saturated rings. The first-order valence-electron chi connectivity index (χ1n) is 6.02. The molecule has 2 heterocycles. The van der Waals surface area contributed by atoms with Gasteiger partial charge in [-0.05, 0) is 23.6 Å². The Kier molecular flexibility index (Phi) is 4.87. The zero-order valence-electron chi connectivity index (χ0n) is 10.6. The van der Waals surface area contributed by atoms with Gasteiger partial charge >= 0.3 is 0 Å². The summed E-state index contributed by atoms with van der Waals surface area (Å²) in [5, 5.41) is 1.92. The van der Waals surface area contributed by atoms with Gasteiger partial charge in [-0.15, -0.1) is 11.3 Å². The number of Topliss-reactive ketones (excluding diaryl/α,β-unsaturated/α-hetero) is 1. The number of hydrogen-bond acceptors (Lipinski definition) is 2. The summed E-state index contributed by atoms with van der Waals surface area (Å²) >= 11 is 1.48. The van der Waals surface area contributed by atoms with E-state index in [0.29, 0.717) is 6.54 Å². The first-order valence-corrected chi connectivity index (χ1v) is 6.90. The van der Waals surface area contributed by atoms with Crippen LogP contribution in [-0.4, -0.2) is 10.4 Å². The van der Waals surface area contributed by atoms with Gasteiger partial charge in [-0.25, -0.2) is 9.13 Å². The van der Waals surface area contributed by atoms with Crippen LogP contribution in [0, 0.1) is 0 Å². The number of rotatable bonds is 4. The normalized spacial score (nSPS) is 10.0. The van der Waals surface area contributed by atoms with Crippen molar-refractivity contribution in [2.75, 3.05) is 0 Å². The van der Waals surface area contributed by atoms with E-state index in [4.69, 9.17) is 0 Å². The maximum Gasteiger partial charge on any atom is 0.249 e. The number of carbonyl (C=O) groups excluding carboxylic acids is 1. The lowest BCUT2D eigenvalue weighted by Crippen LogP contribution is -3.00. The highest BCUT2D eigenvalue weighted by Gasteiger charge is 2.12. The SMILES string of the molecule is O=C(C[n+]1ccn(-c2ccccc2)c1)c1cccs1.[Br-]. The molecule has 3 nitrogen and oxygen atoms in total. The van der Waals surface area contributed by atoms with Gasteiger partial charge in [0.15, 0.2) is 6.54 Å². The monoisotopic (exact) mass is 348 g/mol. The van der Waals surface area contributed by atoms with E-state index in [1.54, 1.807) is 0 Å². The first-order chi connectivity index (χ1) is 9.33. The van der Waals surface area contributed by atoms with Gasteiger partial charge in [0.1, 0.15) is 18.1 Å². The lowest BCUT2D eigenvalue weighted by atomic mass is 10.3. The number of hydrogen-bond donors (Lipinski definition) is 0. The van der Waals surface area contributed by atoms with E-state index >= 15 is 0 Å². The maximum absolute atomic E-state index is 12.0. The standard InChI is InChI=1S/C15H13N2OS.BrH/c18-14(15-7-4-10-19-15)11-16-8-9-17(12-16)13-5-2-1-3-6-13;/h1-10,12H,11H2;1H/q+1;/p-1. The summed E-state index contributed by atoms with van der Waals surface area (Å²) in [7, 11) is 0. The highest BCUT2D eigenvalue weighted by molar-refractivity contribution is 7.12. The van der Waals surface area contributed by atoms with E-state index in [9.17, 15) is 4.79 Å². The van der Waals surface area contributed by atoms with Crippen LogP contribution in [0.2, 0.25) is 0 Å². The van der Waals surface area contributed by atoms with Gasteiger partial charge < -0.3 is 17.0 Å². The van der Waals surface area contributed by atoms with E-state index in [-0.39, 0.29) is 22.8 Å². The van der Waals surface area contributed by atoms with E-state index in [1.165, 1.54) is 11.3 Å². The van der Waals surface area contributed by atoms with Crippen molar-refractivity contribution in [3.05, 3.63) is 71.4 Å². The maximum atomic E-state index is 12.0. The minimum Gasteiger partial charge on any atom is -1.00 e. The Bertz CT molecular complexity index is 677. The molecule has 0 atom stereocenters. The van der Waals surface area contributed by atoms with Gasteiger partial charge in [-0.2, -0.15) is 0 Å². The van der Waals surface area contributed by atoms with E-state index in [0.717, 1.165) is 10.6 Å². The quantitative estimate of drug-likeness (QED) is 0.470. The molecule has 2 aromatic heterocycles. The van der Waals surface area contributed by atoms with Crippen molar-refractivity contribution >= 4 is 17.1 Å². The molecule has 0 unspecified atom stereocenters. The van der Waals surface area contributed by atoms with Gasteiger partial charge in [0.2, 0.25) is 12.1 Å². The predicted molar refractivity (Wildman–Crippen MR) is 74.6 cm³/mol. The fourth-order valence-corrected chi connectivity index (χ4v) is 2.58. The highest BCUT2D eigenvalue weighted by Crippen LogP contribution is 2.09. The molecule has 0 radical (unpaired) electrons. The van der Waals surface area contributed by atoms with E-state index in [2.05, 4.69) is 0 Å². The molecule has 3 aromatic rings. The zero-order chi connectivity index (χ0) is 13.1. The number of aromatic nitrogens is 2. The molecule has 1 aromatic carbocycles. The molecule has 0 spiro atoms. The molecule has 0 amide bonds. The number of para-hydroxylation sites is 1. The van der Waals surface area contributed by atoms with Crippen LogP contribution in [0.15, 0.2) is 66.6 Å². The molecular formula is C15H13BrN2OS.